The van der Waals surface area contributed by atoms with E-state index in [-0.39, 0.29) is 0 Å². The molecule has 0 amide bonds. The topological polar surface area (TPSA) is 230 Å². The van der Waals surface area contributed by atoms with Gasteiger partial charge in [-0.05, 0) is 0 Å². The number of hydrogen-bond donors (Lipinski definition) is 7. The molecule has 0 aromatic carbocycles. The lowest BCUT2D eigenvalue weighted by Crippen LogP contribution is -2.62. The number of hydrogen-bond acceptors (Lipinski definition) is 12. The van der Waals surface area contributed by atoms with Crippen molar-refractivity contribution in [3.8, 4) is 0 Å². The van der Waals surface area contributed by atoms with Crippen LogP contribution < -0.4 is 0 Å². The van der Waals surface area contributed by atoms with Crippen molar-refractivity contribution in [2.75, 3.05) is 13.2 Å². The Bertz CT molecular complexity index is 622. The second kappa shape index (κ2) is 8.58. The van der Waals surface area contributed by atoms with Crippen LogP contribution in [0.4, 0.5) is 0 Å². The van der Waals surface area contributed by atoms with Crippen LogP contribution in [0.25, 0.3) is 0 Å². The Morgan fingerprint density at radius 3 is 2.00 bits per heavy atom. The molecule has 0 radical (unpaired) electrons. The molecule has 158 valence electrons. The van der Waals surface area contributed by atoms with E-state index in [1.165, 1.54) is 0 Å². The number of carbonyl (C=O) groups is 1. The van der Waals surface area contributed by atoms with E-state index in [9.17, 15) is 33.6 Å². The van der Waals surface area contributed by atoms with Gasteiger partial charge in [0.15, 0.2) is 18.5 Å². The zero-order valence-electron chi connectivity index (χ0n) is 13.5. The maximum atomic E-state index is 11.2. The lowest BCUT2D eigenvalue weighted by Gasteiger charge is -2.41. The molecule has 0 unspecified atom stereocenters. The smallest absolute Gasteiger partial charge is 0.397 e. The summed E-state index contributed by atoms with van der Waals surface area (Å²) >= 11 is 0. The molecule has 0 aromatic heterocycles. The van der Waals surface area contributed by atoms with E-state index in [1.54, 1.807) is 0 Å². The van der Waals surface area contributed by atoms with E-state index in [0.717, 1.165) is 0 Å². The Morgan fingerprint density at radius 1 is 0.926 bits per heavy atom. The van der Waals surface area contributed by atoms with E-state index in [1.807, 2.05) is 0 Å². The van der Waals surface area contributed by atoms with E-state index >= 15 is 0 Å². The molecule has 2 aliphatic rings. The van der Waals surface area contributed by atoms with Gasteiger partial charge in [0.2, 0.25) is 0 Å². The standard InChI is InChI=1S/C12H20O14S/c13-1-3-5(15)8(4(2-14)23-3)24-12-10(26-27(20,21)22)7(17)6(16)9(25-12)11(18)19/h3-10,12-17H,1-2H2,(H,18,19)(H,20,21,22)/t3-,4+,5-,6+,7+,8-,9+,10-,12-/m1/s1. The first-order valence-corrected chi connectivity index (χ1v) is 8.97. The van der Waals surface area contributed by atoms with Crippen molar-refractivity contribution in [3.05, 3.63) is 0 Å². The Morgan fingerprint density at radius 2 is 1.52 bits per heavy atom. The van der Waals surface area contributed by atoms with Gasteiger partial charge < -0.3 is 44.8 Å². The fourth-order valence-electron chi connectivity index (χ4n) is 2.83. The summed E-state index contributed by atoms with van der Waals surface area (Å²) in [5.41, 5.74) is 0. The number of carboxylic acid groups (broad SMARTS) is 1. The molecule has 2 aliphatic heterocycles. The molecule has 0 aromatic rings. The maximum absolute atomic E-state index is 11.2. The normalized spacial score (nSPS) is 43.0. The third-order valence-electron chi connectivity index (χ3n) is 4.11. The quantitative estimate of drug-likeness (QED) is 0.192. The highest BCUT2D eigenvalue weighted by molar-refractivity contribution is 7.80. The number of ether oxygens (including phenoxy) is 3. The van der Waals surface area contributed by atoms with Gasteiger partial charge in [0.25, 0.3) is 0 Å². The van der Waals surface area contributed by atoms with Crippen molar-refractivity contribution in [1.29, 1.82) is 0 Å². The van der Waals surface area contributed by atoms with Crippen molar-refractivity contribution < 1.29 is 66.8 Å². The predicted molar refractivity (Wildman–Crippen MR) is 78.4 cm³/mol. The molecule has 0 aliphatic carbocycles. The average molecular weight is 420 g/mol. The number of aliphatic hydroxyl groups is 5. The minimum atomic E-state index is -5.19. The summed E-state index contributed by atoms with van der Waals surface area (Å²) in [4.78, 5) is 11.2. The van der Waals surface area contributed by atoms with Crippen LogP contribution in [0, 0.1) is 0 Å². The monoisotopic (exact) mass is 420 g/mol. The zero-order chi connectivity index (χ0) is 20.5. The van der Waals surface area contributed by atoms with E-state index in [0.29, 0.717) is 0 Å². The molecule has 2 fully saturated rings. The molecular formula is C12H20O14S. The van der Waals surface area contributed by atoms with Gasteiger partial charge in [0.05, 0.1) is 13.2 Å². The number of aliphatic carboxylic acids is 1. The van der Waals surface area contributed by atoms with Crippen molar-refractivity contribution in [3.63, 3.8) is 0 Å². The van der Waals surface area contributed by atoms with Gasteiger partial charge in [-0.15, -0.1) is 0 Å². The summed E-state index contributed by atoms with van der Waals surface area (Å²) in [7, 11) is -5.19. The van der Waals surface area contributed by atoms with Crippen molar-refractivity contribution in [2.45, 2.75) is 55.1 Å². The first kappa shape index (κ1) is 22.3. The van der Waals surface area contributed by atoms with E-state index in [2.05, 4.69) is 4.18 Å². The van der Waals surface area contributed by atoms with Crippen LogP contribution in [0.2, 0.25) is 0 Å². The second-order valence-corrected chi connectivity index (χ2v) is 6.95. The fourth-order valence-corrected chi connectivity index (χ4v) is 3.31. The Hall–Kier alpha value is -0.980. The maximum Gasteiger partial charge on any atom is 0.397 e. The molecule has 0 spiro atoms. The van der Waals surface area contributed by atoms with Crippen molar-refractivity contribution in [1.82, 2.24) is 0 Å². The molecular weight excluding hydrogens is 400 g/mol. The Labute approximate surface area is 152 Å². The number of aliphatic hydroxyl groups excluding tert-OH is 5. The zero-order valence-corrected chi connectivity index (χ0v) is 14.3. The largest absolute Gasteiger partial charge is 0.479 e. The number of rotatable bonds is 7. The van der Waals surface area contributed by atoms with Crippen LogP contribution in [0.3, 0.4) is 0 Å². The lowest BCUT2D eigenvalue weighted by atomic mass is 9.98. The Kier molecular flexibility index (Phi) is 7.09. The Balaban J connectivity index is 2.29. The first-order chi connectivity index (χ1) is 12.5. The highest BCUT2D eigenvalue weighted by Crippen LogP contribution is 2.31. The highest BCUT2D eigenvalue weighted by atomic mass is 32.3. The van der Waals surface area contributed by atoms with Gasteiger partial charge in [-0.3, -0.25) is 4.55 Å². The molecule has 15 heteroatoms. The van der Waals surface area contributed by atoms with Crippen LogP contribution in [-0.4, -0.2) is 118 Å². The van der Waals surface area contributed by atoms with Crippen LogP contribution in [0.15, 0.2) is 0 Å². The summed E-state index contributed by atoms with van der Waals surface area (Å²) in [6.45, 7) is -1.37. The molecule has 9 atom stereocenters. The van der Waals surface area contributed by atoms with Crippen molar-refractivity contribution in [2.24, 2.45) is 0 Å². The second-order valence-electron chi connectivity index (χ2n) is 5.90. The summed E-state index contributed by atoms with van der Waals surface area (Å²) in [6, 6.07) is 0. The molecule has 0 bridgehead atoms. The molecule has 2 heterocycles. The number of carboxylic acids is 1. The van der Waals surface area contributed by atoms with E-state index < -0.39 is 84.7 Å². The molecule has 2 rings (SSSR count). The predicted octanol–water partition coefficient (Wildman–Crippen LogP) is -4.80. The summed E-state index contributed by atoms with van der Waals surface area (Å²) in [6.07, 6.45) is -15.9. The van der Waals surface area contributed by atoms with Gasteiger partial charge in [0, 0.05) is 0 Å². The summed E-state index contributed by atoms with van der Waals surface area (Å²) in [5, 5.41) is 57.3. The molecule has 7 N–H and O–H groups in total. The molecule has 27 heavy (non-hydrogen) atoms. The first-order valence-electron chi connectivity index (χ1n) is 7.61. The van der Waals surface area contributed by atoms with Gasteiger partial charge in [-0.25, -0.2) is 8.98 Å². The minimum absolute atomic E-state index is 0.660. The lowest BCUT2D eigenvalue weighted by molar-refractivity contribution is -0.306. The SMILES string of the molecule is O=C(O)[C@H]1O[C@@H](O[C@H]2[C@H](O)[C@@H](CO)O[C@H]2CO)[C@H](OS(=O)(=O)O)[C@@H](O)[C@@H]1O. The van der Waals surface area contributed by atoms with Gasteiger partial charge >= 0.3 is 16.4 Å². The van der Waals surface area contributed by atoms with Gasteiger partial charge in [0.1, 0.15) is 36.6 Å². The van der Waals surface area contributed by atoms with E-state index in [4.69, 9.17) is 29.0 Å². The van der Waals surface area contributed by atoms with Gasteiger partial charge in [-0.1, -0.05) is 0 Å². The minimum Gasteiger partial charge on any atom is -0.479 e. The molecule has 2 saturated heterocycles. The van der Waals surface area contributed by atoms with Crippen LogP contribution in [0.1, 0.15) is 0 Å². The molecule has 14 nitrogen and oxygen atoms in total. The van der Waals surface area contributed by atoms with Crippen molar-refractivity contribution >= 4 is 16.4 Å². The summed E-state index contributed by atoms with van der Waals surface area (Å²) in [5.74, 6) is -1.73. The van der Waals surface area contributed by atoms with Gasteiger partial charge in [-0.2, -0.15) is 8.42 Å². The third-order valence-corrected chi connectivity index (χ3v) is 4.57. The molecule has 0 saturated carbocycles. The fraction of sp³-hybridized carbons (Fsp3) is 0.917. The van der Waals surface area contributed by atoms with Crippen LogP contribution >= 0.6 is 0 Å². The van der Waals surface area contributed by atoms with Crippen LogP contribution in [-0.2, 0) is 33.6 Å². The third kappa shape index (κ3) is 4.90. The summed E-state index contributed by atoms with van der Waals surface area (Å²) < 4.78 is 50.3. The average Bonchev–Trinajstić information content (AvgIpc) is 2.88. The highest BCUT2D eigenvalue weighted by Gasteiger charge is 2.53. The van der Waals surface area contributed by atoms with Crippen LogP contribution in [0.5, 0.6) is 0 Å².